The number of hydrogen-bond donors (Lipinski definition) is 2. The number of carbonyl (C=O) groups excluding carboxylic acids is 1. The number of aryl methyl sites for hydroxylation is 1. The Labute approximate surface area is 165 Å². The lowest BCUT2D eigenvalue weighted by molar-refractivity contribution is 0.101. The summed E-state index contributed by atoms with van der Waals surface area (Å²) in [6.45, 7) is 4.61. The van der Waals surface area contributed by atoms with Crippen LogP contribution >= 0.6 is 0 Å². The molecular formula is C23H26N4O. The van der Waals surface area contributed by atoms with Gasteiger partial charge in [0.25, 0.3) is 0 Å². The zero-order chi connectivity index (χ0) is 19.7. The second-order valence-corrected chi connectivity index (χ2v) is 7.22. The molecule has 144 valence electrons. The minimum Gasteiger partial charge on any atom is -0.377 e. The Morgan fingerprint density at radius 2 is 1.96 bits per heavy atom. The van der Waals surface area contributed by atoms with Crippen LogP contribution < -0.4 is 10.6 Å². The van der Waals surface area contributed by atoms with E-state index in [1.54, 1.807) is 6.92 Å². The molecule has 0 fully saturated rings. The van der Waals surface area contributed by atoms with Crippen LogP contribution in [-0.4, -0.2) is 22.4 Å². The van der Waals surface area contributed by atoms with Gasteiger partial charge in [-0.05, 0) is 32.5 Å². The number of hydrogen-bond acceptors (Lipinski definition) is 4. The van der Waals surface area contributed by atoms with Crippen molar-refractivity contribution in [2.24, 2.45) is 0 Å². The lowest BCUT2D eigenvalue weighted by Gasteiger charge is -2.41. The predicted octanol–water partition coefficient (Wildman–Crippen LogP) is 4.32. The van der Waals surface area contributed by atoms with Gasteiger partial charge in [-0.25, -0.2) is 4.98 Å². The smallest absolute Gasteiger partial charge is 0.160 e. The number of Topliss-reactive ketones (excluding diaryl/α,β-unsaturated/α-hetero) is 1. The predicted molar refractivity (Wildman–Crippen MR) is 112 cm³/mol. The molecule has 0 bridgehead atoms. The van der Waals surface area contributed by atoms with E-state index >= 15 is 0 Å². The molecule has 0 spiro atoms. The van der Waals surface area contributed by atoms with Crippen LogP contribution in [0.25, 0.3) is 0 Å². The molecule has 3 aromatic rings. The van der Waals surface area contributed by atoms with Gasteiger partial charge in [0.2, 0.25) is 0 Å². The Bertz CT molecular complexity index is 979. The highest BCUT2D eigenvalue weighted by Crippen LogP contribution is 2.49. The molecule has 0 saturated carbocycles. The average molecular weight is 374 g/mol. The number of fused-ring (bicyclic) bond motifs is 1. The third-order valence-electron chi connectivity index (χ3n) is 5.68. The van der Waals surface area contributed by atoms with E-state index in [1.165, 1.54) is 5.56 Å². The third-order valence-corrected chi connectivity index (χ3v) is 5.68. The molecule has 2 heterocycles. The molecule has 2 N–H and O–H groups in total. The average Bonchev–Trinajstić information content (AvgIpc) is 3.20. The summed E-state index contributed by atoms with van der Waals surface area (Å²) in [4.78, 5) is 17.1. The van der Waals surface area contributed by atoms with Crippen LogP contribution in [0.15, 0.2) is 60.9 Å². The van der Waals surface area contributed by atoms with Crippen LogP contribution in [0.4, 0.5) is 5.69 Å². The van der Waals surface area contributed by atoms with E-state index in [1.807, 2.05) is 37.6 Å². The summed E-state index contributed by atoms with van der Waals surface area (Å²) in [6, 6.07) is 16.4. The number of imidazole rings is 1. The maximum atomic E-state index is 12.4. The molecule has 5 nitrogen and oxygen atoms in total. The fraction of sp³-hybridized carbons (Fsp3) is 0.304. The molecule has 1 aromatic heterocycles. The van der Waals surface area contributed by atoms with E-state index < -0.39 is 0 Å². The largest absolute Gasteiger partial charge is 0.377 e. The van der Waals surface area contributed by atoms with Crippen LogP contribution in [0.1, 0.15) is 59.2 Å². The molecule has 4 rings (SSSR count). The molecule has 2 aromatic carbocycles. The van der Waals surface area contributed by atoms with Crippen LogP contribution in [-0.2, 0) is 6.54 Å². The molecule has 1 aliphatic heterocycles. The summed E-state index contributed by atoms with van der Waals surface area (Å²) in [5.41, 5.74) is 4.00. The molecular weight excluding hydrogens is 348 g/mol. The van der Waals surface area contributed by atoms with E-state index in [0.29, 0.717) is 0 Å². The van der Waals surface area contributed by atoms with Crippen LogP contribution in [0.5, 0.6) is 0 Å². The number of carbonyl (C=O) groups is 1. The first-order valence-electron chi connectivity index (χ1n) is 9.79. The highest BCUT2D eigenvalue weighted by Gasteiger charge is 2.41. The summed E-state index contributed by atoms with van der Waals surface area (Å²) in [6.07, 6.45) is 3.89. The number of nitrogens with one attached hydrogen (secondary N) is 2. The molecule has 28 heavy (non-hydrogen) atoms. The summed E-state index contributed by atoms with van der Waals surface area (Å²) in [5.74, 6) is 1.14. The zero-order valence-electron chi connectivity index (χ0n) is 16.5. The number of nitrogens with zero attached hydrogens (tertiary/aromatic N) is 2. The van der Waals surface area contributed by atoms with Gasteiger partial charge in [-0.15, -0.1) is 0 Å². The molecule has 0 saturated heterocycles. The van der Waals surface area contributed by atoms with Gasteiger partial charge >= 0.3 is 0 Å². The minimum atomic E-state index is -0.0331. The maximum absolute atomic E-state index is 12.4. The van der Waals surface area contributed by atoms with Crippen molar-refractivity contribution in [1.29, 1.82) is 0 Å². The maximum Gasteiger partial charge on any atom is 0.160 e. The standard InChI is InChI=1S/C23H26N4O/c1-4-27-14-13-25-23(27)20-21(16-9-6-5-7-10-16)26-18-12-8-11-17(15(2)28)19(18)22(20)24-3/h5-14,20-22,24,26H,4H2,1-3H3. The Hall–Kier alpha value is -2.92. The quantitative estimate of drug-likeness (QED) is 0.653. The van der Waals surface area contributed by atoms with Crippen LogP contribution in [0.2, 0.25) is 0 Å². The van der Waals surface area contributed by atoms with E-state index in [9.17, 15) is 4.79 Å². The monoisotopic (exact) mass is 374 g/mol. The Morgan fingerprint density at radius 1 is 1.18 bits per heavy atom. The van der Waals surface area contributed by atoms with Gasteiger partial charge in [-0.3, -0.25) is 4.79 Å². The van der Waals surface area contributed by atoms with Crippen LogP contribution in [0.3, 0.4) is 0 Å². The first kappa shape index (κ1) is 18.4. The summed E-state index contributed by atoms with van der Waals surface area (Å²) in [5, 5.41) is 7.22. The summed E-state index contributed by atoms with van der Waals surface area (Å²) in [7, 11) is 1.96. The molecule has 0 amide bonds. The van der Waals surface area contributed by atoms with E-state index in [2.05, 4.69) is 52.5 Å². The molecule has 0 aliphatic carbocycles. The first-order chi connectivity index (χ1) is 13.7. The first-order valence-corrected chi connectivity index (χ1v) is 9.79. The molecule has 5 heteroatoms. The fourth-order valence-electron chi connectivity index (χ4n) is 4.42. The normalized spacial score (nSPS) is 21.0. The second kappa shape index (κ2) is 7.60. The van der Waals surface area contributed by atoms with Gasteiger partial charge in [0, 0.05) is 41.8 Å². The van der Waals surface area contributed by atoms with E-state index in [4.69, 9.17) is 4.98 Å². The Balaban J connectivity index is 1.94. The SMILES string of the molecule is CCn1ccnc1C1C(c2ccccc2)Nc2cccc(C(C)=O)c2C1NC. The van der Waals surface area contributed by atoms with Gasteiger partial charge in [-0.2, -0.15) is 0 Å². The van der Waals surface area contributed by atoms with E-state index in [-0.39, 0.29) is 23.8 Å². The van der Waals surface area contributed by atoms with Crippen molar-refractivity contribution in [2.75, 3.05) is 12.4 Å². The fourth-order valence-corrected chi connectivity index (χ4v) is 4.42. The van der Waals surface area contributed by atoms with Crippen molar-refractivity contribution in [3.05, 3.63) is 83.4 Å². The highest BCUT2D eigenvalue weighted by atomic mass is 16.1. The molecule has 3 unspecified atom stereocenters. The number of anilines is 1. The van der Waals surface area contributed by atoms with Crippen molar-refractivity contribution < 1.29 is 4.79 Å². The van der Waals surface area contributed by atoms with Gasteiger partial charge in [0.15, 0.2) is 5.78 Å². The topological polar surface area (TPSA) is 59.0 Å². The molecule has 0 radical (unpaired) electrons. The van der Waals surface area contributed by atoms with Crippen LogP contribution in [0, 0.1) is 0 Å². The van der Waals surface area contributed by atoms with Gasteiger partial charge in [-0.1, -0.05) is 42.5 Å². The van der Waals surface area contributed by atoms with Gasteiger partial charge < -0.3 is 15.2 Å². The summed E-state index contributed by atoms with van der Waals surface area (Å²) < 4.78 is 2.19. The number of aromatic nitrogens is 2. The number of ketones is 1. The lowest BCUT2D eigenvalue weighted by Crippen LogP contribution is -2.38. The number of likely N-dealkylation sites (N-methyl/N-ethyl adjacent to an activating group) is 1. The third kappa shape index (κ3) is 3.02. The van der Waals surface area contributed by atoms with Gasteiger partial charge in [0.1, 0.15) is 5.82 Å². The van der Waals surface area contributed by atoms with Gasteiger partial charge in [0.05, 0.1) is 12.0 Å². The van der Waals surface area contributed by atoms with E-state index in [0.717, 1.165) is 29.2 Å². The number of rotatable bonds is 5. The van der Waals surface area contributed by atoms with Crippen molar-refractivity contribution in [1.82, 2.24) is 14.9 Å². The molecule has 1 aliphatic rings. The minimum absolute atomic E-state index is 0.0331. The lowest BCUT2D eigenvalue weighted by atomic mass is 9.77. The second-order valence-electron chi connectivity index (χ2n) is 7.22. The molecule has 3 atom stereocenters. The van der Waals surface area contributed by atoms with Crippen molar-refractivity contribution in [3.8, 4) is 0 Å². The Morgan fingerprint density at radius 3 is 2.64 bits per heavy atom. The van der Waals surface area contributed by atoms with Crippen molar-refractivity contribution >= 4 is 11.5 Å². The highest BCUT2D eigenvalue weighted by molar-refractivity contribution is 5.97. The Kier molecular flexibility index (Phi) is 5.01. The number of benzene rings is 2. The van der Waals surface area contributed by atoms with Crippen molar-refractivity contribution in [2.45, 2.75) is 38.4 Å². The van der Waals surface area contributed by atoms with Crippen molar-refractivity contribution in [3.63, 3.8) is 0 Å². The summed E-state index contributed by atoms with van der Waals surface area (Å²) >= 11 is 0. The zero-order valence-corrected chi connectivity index (χ0v) is 16.5.